The molecule has 7 heteroatoms. The Morgan fingerprint density at radius 1 is 0.871 bits per heavy atom. The second-order valence-corrected chi connectivity index (χ2v) is 9.70. The molecular formula is C24H18N2O3S2. The number of benzene rings is 3. The Morgan fingerprint density at radius 3 is 2.23 bits per heavy atom. The van der Waals surface area contributed by atoms with Crippen molar-refractivity contribution in [2.75, 3.05) is 11.5 Å². The molecule has 1 saturated heterocycles. The third kappa shape index (κ3) is 3.98. The maximum Gasteiger partial charge on any atom is 0.364 e. The highest BCUT2D eigenvalue weighted by molar-refractivity contribution is 8.19. The third-order valence-electron chi connectivity index (χ3n) is 4.98. The van der Waals surface area contributed by atoms with Crippen molar-refractivity contribution < 1.29 is 9.53 Å². The van der Waals surface area contributed by atoms with Crippen LogP contribution >= 0.6 is 23.5 Å². The minimum Gasteiger partial charge on any atom is -0.422 e. The molecule has 0 bridgehead atoms. The summed E-state index contributed by atoms with van der Waals surface area (Å²) in [5.41, 5.74) is 1.62. The van der Waals surface area contributed by atoms with Gasteiger partial charge in [-0.1, -0.05) is 48.5 Å². The maximum atomic E-state index is 13.1. The number of esters is 1. The van der Waals surface area contributed by atoms with Crippen molar-refractivity contribution in [1.82, 2.24) is 9.78 Å². The van der Waals surface area contributed by atoms with E-state index in [1.807, 2.05) is 66.0 Å². The van der Waals surface area contributed by atoms with Crippen molar-refractivity contribution in [2.24, 2.45) is 0 Å². The third-order valence-corrected chi connectivity index (χ3v) is 8.09. The number of thioether (sulfide) groups is 2. The summed E-state index contributed by atoms with van der Waals surface area (Å²) >= 11 is 3.85. The van der Waals surface area contributed by atoms with Gasteiger partial charge in [-0.05, 0) is 35.9 Å². The Bertz CT molecular complexity index is 1300. The van der Waals surface area contributed by atoms with Gasteiger partial charge < -0.3 is 4.74 Å². The van der Waals surface area contributed by atoms with E-state index in [0.29, 0.717) is 26.8 Å². The van der Waals surface area contributed by atoms with Crippen LogP contribution in [-0.2, 0) is 0 Å². The zero-order chi connectivity index (χ0) is 21.2. The molecule has 0 saturated carbocycles. The average molecular weight is 447 g/mol. The summed E-state index contributed by atoms with van der Waals surface area (Å²) in [7, 11) is 0. The Hall–Kier alpha value is -3.03. The van der Waals surface area contributed by atoms with Crippen LogP contribution in [0.3, 0.4) is 0 Å². The first kappa shape index (κ1) is 19.9. The van der Waals surface area contributed by atoms with Gasteiger partial charge in [-0.15, -0.1) is 23.5 Å². The molecule has 0 aliphatic carbocycles. The summed E-state index contributed by atoms with van der Waals surface area (Å²) in [5, 5.41) is 5.26. The molecule has 0 unspecified atom stereocenters. The Kier molecular flexibility index (Phi) is 5.53. The lowest BCUT2D eigenvalue weighted by molar-refractivity contribution is 0.0729. The van der Waals surface area contributed by atoms with Crippen LogP contribution < -0.4 is 10.3 Å². The van der Waals surface area contributed by atoms with Crippen molar-refractivity contribution in [3.8, 4) is 11.4 Å². The van der Waals surface area contributed by atoms with Gasteiger partial charge >= 0.3 is 5.97 Å². The number of aromatic nitrogens is 2. The lowest BCUT2D eigenvalue weighted by atomic mass is 10.1. The summed E-state index contributed by atoms with van der Waals surface area (Å²) in [5.74, 6) is 2.16. The zero-order valence-corrected chi connectivity index (χ0v) is 18.1. The molecule has 0 spiro atoms. The first-order valence-corrected chi connectivity index (χ1v) is 11.9. The van der Waals surface area contributed by atoms with Gasteiger partial charge in [0.1, 0.15) is 5.75 Å². The van der Waals surface area contributed by atoms with Crippen LogP contribution in [0.1, 0.15) is 20.6 Å². The number of para-hydroxylation sites is 1. The molecule has 0 radical (unpaired) electrons. The molecule has 5 rings (SSSR count). The van der Waals surface area contributed by atoms with Gasteiger partial charge in [-0.3, -0.25) is 4.79 Å². The van der Waals surface area contributed by atoms with Crippen LogP contribution in [0.15, 0.2) is 83.7 Å². The molecule has 4 aromatic rings. The van der Waals surface area contributed by atoms with E-state index in [-0.39, 0.29) is 11.3 Å². The van der Waals surface area contributed by atoms with Crippen molar-refractivity contribution in [1.29, 1.82) is 0 Å². The highest BCUT2D eigenvalue weighted by atomic mass is 32.2. The number of carbonyl (C=O) groups excluding carboxylic acids is 1. The molecular weight excluding hydrogens is 428 g/mol. The molecule has 1 fully saturated rings. The van der Waals surface area contributed by atoms with E-state index >= 15 is 0 Å². The minimum absolute atomic E-state index is 0.102. The fourth-order valence-electron chi connectivity index (χ4n) is 3.48. The van der Waals surface area contributed by atoms with Crippen LogP contribution in [0.2, 0.25) is 0 Å². The molecule has 1 aromatic heterocycles. The minimum atomic E-state index is -0.599. The molecule has 154 valence electrons. The molecule has 0 atom stereocenters. The zero-order valence-electron chi connectivity index (χ0n) is 16.4. The number of hydrogen-bond donors (Lipinski definition) is 0. The Labute approximate surface area is 187 Å². The highest BCUT2D eigenvalue weighted by Crippen LogP contribution is 2.45. The highest BCUT2D eigenvalue weighted by Gasteiger charge is 2.21. The van der Waals surface area contributed by atoms with E-state index in [1.54, 1.807) is 36.4 Å². The summed E-state index contributed by atoms with van der Waals surface area (Å²) in [6.45, 7) is 0. The van der Waals surface area contributed by atoms with Crippen molar-refractivity contribution in [3.05, 3.63) is 100 Å². The lowest BCUT2D eigenvalue weighted by Crippen LogP contribution is -2.25. The van der Waals surface area contributed by atoms with E-state index in [1.165, 1.54) is 10.2 Å². The Balaban J connectivity index is 1.51. The van der Waals surface area contributed by atoms with Gasteiger partial charge in [0.2, 0.25) is 0 Å². The van der Waals surface area contributed by atoms with Crippen molar-refractivity contribution in [2.45, 2.75) is 4.58 Å². The number of ether oxygens (including phenoxy) is 1. The van der Waals surface area contributed by atoms with Crippen LogP contribution in [0.4, 0.5) is 0 Å². The summed E-state index contributed by atoms with van der Waals surface area (Å²) in [6, 6.07) is 23.6. The van der Waals surface area contributed by atoms with Gasteiger partial charge in [-0.25, -0.2) is 4.79 Å². The summed E-state index contributed by atoms with van der Waals surface area (Å²) < 4.78 is 7.31. The van der Waals surface area contributed by atoms with Gasteiger partial charge in [0.05, 0.1) is 15.7 Å². The fraction of sp³-hybridized carbons (Fsp3) is 0.125. The lowest BCUT2D eigenvalue weighted by Gasteiger charge is -2.12. The standard InChI is InChI=1S/C24H18N2O3S2/c27-22-20-9-5-4-8-19(20)21(25-26(22)17-6-2-1-3-7-17)23(28)29-18-12-10-16(11-13-18)24-30-14-15-31-24/h1-13,24H,14-15H2. The normalized spacial score (nSPS) is 14.1. The number of rotatable bonds is 4. The predicted octanol–water partition coefficient (Wildman–Crippen LogP) is 5.08. The maximum absolute atomic E-state index is 13.1. The second-order valence-electron chi connectivity index (χ2n) is 6.98. The summed E-state index contributed by atoms with van der Waals surface area (Å²) in [4.78, 5) is 26.0. The van der Waals surface area contributed by atoms with Crippen LogP contribution in [0, 0.1) is 0 Å². The smallest absolute Gasteiger partial charge is 0.364 e. The van der Waals surface area contributed by atoms with Gasteiger partial charge in [-0.2, -0.15) is 9.78 Å². The monoisotopic (exact) mass is 446 g/mol. The van der Waals surface area contributed by atoms with Gasteiger partial charge in [0.25, 0.3) is 5.56 Å². The Morgan fingerprint density at radius 2 is 1.52 bits per heavy atom. The van der Waals surface area contributed by atoms with E-state index in [9.17, 15) is 9.59 Å². The van der Waals surface area contributed by atoms with E-state index < -0.39 is 5.97 Å². The SMILES string of the molecule is O=C(Oc1ccc(C2SCCS2)cc1)c1nn(-c2ccccc2)c(=O)c2ccccc12. The molecule has 31 heavy (non-hydrogen) atoms. The molecule has 0 amide bonds. The molecule has 1 aliphatic rings. The topological polar surface area (TPSA) is 61.2 Å². The van der Waals surface area contributed by atoms with E-state index in [0.717, 1.165) is 11.5 Å². The van der Waals surface area contributed by atoms with E-state index in [4.69, 9.17) is 4.74 Å². The first-order chi connectivity index (χ1) is 15.2. The molecule has 3 aromatic carbocycles. The number of fused-ring (bicyclic) bond motifs is 1. The van der Waals surface area contributed by atoms with Crippen LogP contribution in [0.25, 0.3) is 16.5 Å². The average Bonchev–Trinajstić information content (AvgIpc) is 3.35. The molecule has 1 aliphatic heterocycles. The molecule has 0 N–H and O–H groups in total. The second kappa shape index (κ2) is 8.61. The summed E-state index contributed by atoms with van der Waals surface area (Å²) in [6.07, 6.45) is 0. The quantitative estimate of drug-likeness (QED) is 0.322. The molecule has 5 nitrogen and oxygen atoms in total. The predicted molar refractivity (Wildman–Crippen MR) is 126 cm³/mol. The van der Waals surface area contributed by atoms with Gasteiger partial charge in [0, 0.05) is 16.9 Å². The van der Waals surface area contributed by atoms with Crippen LogP contribution in [-0.4, -0.2) is 27.3 Å². The van der Waals surface area contributed by atoms with Crippen molar-refractivity contribution >= 4 is 40.3 Å². The van der Waals surface area contributed by atoms with Crippen LogP contribution in [0.5, 0.6) is 5.75 Å². The van der Waals surface area contributed by atoms with E-state index in [2.05, 4.69) is 5.10 Å². The molecule has 2 heterocycles. The number of carbonyl (C=O) groups is 1. The fourth-order valence-corrected chi connectivity index (χ4v) is 6.34. The van der Waals surface area contributed by atoms with Gasteiger partial charge in [0.15, 0.2) is 5.69 Å². The first-order valence-electron chi connectivity index (χ1n) is 9.83. The van der Waals surface area contributed by atoms with Crippen molar-refractivity contribution in [3.63, 3.8) is 0 Å². The number of hydrogen-bond acceptors (Lipinski definition) is 6. The largest absolute Gasteiger partial charge is 0.422 e. The number of nitrogens with zero attached hydrogens (tertiary/aromatic N) is 2.